The van der Waals surface area contributed by atoms with Gasteiger partial charge in [0.15, 0.2) is 0 Å². The van der Waals surface area contributed by atoms with E-state index in [1.165, 1.54) is 0 Å². The predicted octanol–water partition coefficient (Wildman–Crippen LogP) is 4.42. The first-order valence-electron chi connectivity index (χ1n) is 7.07. The van der Waals surface area contributed by atoms with E-state index >= 15 is 0 Å². The molecule has 0 aliphatic rings. The second-order valence-electron chi connectivity index (χ2n) is 4.62. The van der Waals surface area contributed by atoms with Crippen molar-refractivity contribution in [2.75, 3.05) is 6.61 Å². The van der Waals surface area contributed by atoms with E-state index in [9.17, 15) is 8.78 Å². The molecule has 3 nitrogen and oxygen atoms in total. The molecule has 0 atom stereocenters. The number of furan rings is 1. The number of nitrogens with one attached hydrogen (secondary N) is 1. The van der Waals surface area contributed by atoms with Crippen molar-refractivity contribution in [2.45, 2.75) is 31.5 Å². The third kappa shape index (κ3) is 5.69. The average Bonchev–Trinajstić information content (AvgIpc) is 2.94. The van der Waals surface area contributed by atoms with Gasteiger partial charge in [-0.15, -0.1) is 0 Å². The number of hydrogen-bond donors (Lipinski definition) is 1. The minimum Gasteiger partial charge on any atom is -0.494 e. The van der Waals surface area contributed by atoms with Crippen molar-refractivity contribution in [3.63, 3.8) is 0 Å². The summed E-state index contributed by atoms with van der Waals surface area (Å²) in [6, 6.07) is 11.4. The van der Waals surface area contributed by atoms with Gasteiger partial charge in [0.25, 0.3) is 5.76 Å². The van der Waals surface area contributed by atoms with Crippen molar-refractivity contribution in [3.8, 4) is 5.75 Å². The molecule has 1 aromatic heterocycles. The fourth-order valence-electron chi connectivity index (χ4n) is 1.98. The number of benzene rings is 1. The van der Waals surface area contributed by atoms with Crippen LogP contribution in [0.1, 0.15) is 24.0 Å². The summed E-state index contributed by atoms with van der Waals surface area (Å²) in [4.78, 5) is 0. The van der Waals surface area contributed by atoms with Crippen LogP contribution in [0.3, 0.4) is 0 Å². The second-order valence-corrected chi connectivity index (χ2v) is 5.60. The fourth-order valence-corrected chi connectivity index (χ4v) is 2.43. The van der Waals surface area contributed by atoms with Gasteiger partial charge in [-0.2, -0.15) is 8.78 Å². The molecule has 1 N–H and O–H groups in total. The minimum absolute atomic E-state index is 0.189. The van der Waals surface area contributed by atoms with Gasteiger partial charge < -0.3 is 14.5 Å². The van der Waals surface area contributed by atoms with Crippen molar-refractivity contribution < 1.29 is 17.9 Å². The molecule has 1 aromatic carbocycles. The van der Waals surface area contributed by atoms with Crippen LogP contribution in [0.15, 0.2) is 40.8 Å². The lowest BCUT2D eigenvalue weighted by Gasteiger charge is -2.07. The maximum absolute atomic E-state index is 12.1. The molecule has 2 rings (SSSR count). The van der Waals surface area contributed by atoms with E-state index in [2.05, 4.69) is 5.32 Å². The highest BCUT2D eigenvalue weighted by atomic mass is 32.2. The van der Waals surface area contributed by atoms with Crippen LogP contribution in [-0.2, 0) is 18.8 Å². The van der Waals surface area contributed by atoms with Crippen LogP contribution in [0.5, 0.6) is 5.75 Å². The van der Waals surface area contributed by atoms with E-state index in [1.807, 2.05) is 37.3 Å². The first-order chi connectivity index (χ1) is 10.7. The van der Waals surface area contributed by atoms with Gasteiger partial charge >= 0.3 is 0 Å². The third-order valence-electron chi connectivity index (χ3n) is 2.91. The lowest BCUT2D eigenvalue weighted by Crippen LogP contribution is -2.12. The van der Waals surface area contributed by atoms with E-state index in [0.717, 1.165) is 17.1 Å². The molecule has 0 radical (unpaired) electrons. The summed E-state index contributed by atoms with van der Waals surface area (Å²) in [6.45, 7) is 3.83. The minimum atomic E-state index is -2.37. The molecule has 0 saturated carbocycles. The smallest absolute Gasteiger partial charge is 0.284 e. The van der Waals surface area contributed by atoms with Crippen LogP contribution >= 0.6 is 11.8 Å². The van der Waals surface area contributed by atoms with Crippen molar-refractivity contribution in [2.24, 2.45) is 0 Å². The molecule has 0 bridgehead atoms. The summed E-state index contributed by atoms with van der Waals surface area (Å²) in [5.41, 5.74) is 1.12. The molecule has 0 unspecified atom stereocenters. The van der Waals surface area contributed by atoms with Gasteiger partial charge in [0.05, 0.1) is 18.9 Å². The maximum atomic E-state index is 12.1. The van der Waals surface area contributed by atoms with E-state index < -0.39 is 5.76 Å². The zero-order chi connectivity index (χ0) is 15.8. The first-order valence-corrected chi connectivity index (χ1v) is 8.12. The Balaban J connectivity index is 1.77. The molecular weight excluding hydrogens is 308 g/mol. The van der Waals surface area contributed by atoms with Gasteiger partial charge in [-0.1, -0.05) is 23.9 Å². The van der Waals surface area contributed by atoms with E-state index in [4.69, 9.17) is 9.15 Å². The Bertz CT molecular complexity index is 575. The zero-order valence-corrected chi connectivity index (χ0v) is 13.2. The summed E-state index contributed by atoms with van der Waals surface area (Å²) in [5, 5.41) is 3.26. The number of alkyl halides is 2. The van der Waals surface area contributed by atoms with Crippen LogP contribution in [0.25, 0.3) is 0 Å². The maximum Gasteiger partial charge on any atom is 0.284 e. The number of thioether (sulfide) groups is 1. The van der Waals surface area contributed by atoms with Crippen molar-refractivity contribution in [3.05, 3.63) is 53.5 Å². The molecular formula is C16H19F2NO2S. The molecule has 0 spiro atoms. The molecule has 6 heteroatoms. The van der Waals surface area contributed by atoms with Crippen molar-refractivity contribution >= 4 is 11.8 Å². The fraction of sp³-hybridized carbons (Fsp3) is 0.375. The van der Waals surface area contributed by atoms with Gasteiger partial charge in [-0.25, -0.2) is 0 Å². The van der Waals surface area contributed by atoms with E-state index in [0.29, 0.717) is 37.2 Å². The van der Waals surface area contributed by atoms with E-state index in [-0.39, 0.29) is 5.75 Å². The molecule has 0 amide bonds. The summed E-state index contributed by atoms with van der Waals surface area (Å²) < 4.78 is 35.2. The van der Waals surface area contributed by atoms with Crippen LogP contribution in [0, 0.1) is 0 Å². The highest BCUT2D eigenvalue weighted by molar-refractivity contribution is 7.98. The third-order valence-corrected chi connectivity index (χ3v) is 3.61. The van der Waals surface area contributed by atoms with Crippen LogP contribution < -0.4 is 10.1 Å². The second kappa shape index (κ2) is 8.80. The Morgan fingerprint density at radius 2 is 2.00 bits per heavy atom. The number of halogens is 2. The molecule has 2 aromatic rings. The number of hydrogen-bond acceptors (Lipinski definition) is 4. The Morgan fingerprint density at radius 1 is 1.18 bits per heavy atom. The van der Waals surface area contributed by atoms with Crippen LogP contribution in [-0.4, -0.2) is 12.4 Å². The van der Waals surface area contributed by atoms with Gasteiger partial charge in [-0.3, -0.25) is 0 Å². The summed E-state index contributed by atoms with van der Waals surface area (Å²) >= 11 is 0.563. The highest BCUT2D eigenvalue weighted by Gasteiger charge is 2.07. The van der Waals surface area contributed by atoms with Gasteiger partial charge in [0.2, 0.25) is 0 Å². The van der Waals surface area contributed by atoms with Crippen molar-refractivity contribution in [1.29, 1.82) is 0 Å². The molecule has 0 aliphatic carbocycles. The van der Waals surface area contributed by atoms with Crippen LogP contribution in [0.4, 0.5) is 8.78 Å². The molecule has 0 aliphatic heterocycles. The molecule has 0 fully saturated rings. The standard InChI is InChI=1S/C16H19F2NO2S/c1-2-20-13-5-3-4-12(8-13)9-19-10-14-6-7-15(21-14)11-22-16(17)18/h3-8,16,19H,2,9-11H2,1H3. The molecule has 1 heterocycles. The Kier molecular flexibility index (Phi) is 6.74. The lowest BCUT2D eigenvalue weighted by molar-refractivity contribution is 0.251. The predicted molar refractivity (Wildman–Crippen MR) is 84.2 cm³/mol. The molecule has 0 saturated heterocycles. The van der Waals surface area contributed by atoms with Gasteiger partial charge in [-0.05, 0) is 36.8 Å². The van der Waals surface area contributed by atoms with Gasteiger partial charge in [0.1, 0.15) is 17.3 Å². The Labute approximate surface area is 133 Å². The van der Waals surface area contributed by atoms with Crippen LogP contribution in [0.2, 0.25) is 0 Å². The number of rotatable bonds is 9. The summed E-state index contributed by atoms with van der Waals surface area (Å²) in [7, 11) is 0. The summed E-state index contributed by atoms with van der Waals surface area (Å²) in [5.74, 6) is -0.0182. The van der Waals surface area contributed by atoms with Gasteiger partial charge in [0, 0.05) is 6.54 Å². The topological polar surface area (TPSA) is 34.4 Å². The average molecular weight is 327 g/mol. The SMILES string of the molecule is CCOc1cccc(CNCc2ccc(CSC(F)F)o2)c1. The number of ether oxygens (including phenoxy) is 1. The highest BCUT2D eigenvalue weighted by Crippen LogP contribution is 2.21. The monoisotopic (exact) mass is 327 g/mol. The Morgan fingerprint density at radius 3 is 2.77 bits per heavy atom. The molecule has 22 heavy (non-hydrogen) atoms. The largest absolute Gasteiger partial charge is 0.494 e. The first kappa shape index (κ1) is 16.8. The molecule has 120 valence electrons. The zero-order valence-electron chi connectivity index (χ0n) is 12.4. The Hall–Kier alpha value is -1.53. The summed E-state index contributed by atoms with van der Waals surface area (Å²) in [6.07, 6.45) is 0. The van der Waals surface area contributed by atoms with Crippen molar-refractivity contribution in [1.82, 2.24) is 5.32 Å². The van der Waals surface area contributed by atoms with E-state index in [1.54, 1.807) is 6.07 Å². The normalized spacial score (nSPS) is 11.1. The quantitative estimate of drug-likeness (QED) is 0.739. The lowest BCUT2D eigenvalue weighted by atomic mass is 10.2.